The van der Waals surface area contributed by atoms with Crippen LogP contribution in [0.5, 0.6) is 5.75 Å². The van der Waals surface area contributed by atoms with E-state index in [1.54, 1.807) is 19.2 Å². The van der Waals surface area contributed by atoms with Crippen LogP contribution in [0.1, 0.15) is 31.2 Å². The molecule has 1 rings (SSSR count). The Morgan fingerprint density at radius 1 is 1.47 bits per heavy atom. The Kier molecular flexibility index (Phi) is 5.75. The molecule has 0 aliphatic carbocycles. The average molecular weight is 258 g/mol. The number of nitrogens with two attached hydrogens (primary N) is 1. The molecule has 1 aromatic carbocycles. The van der Waals surface area contributed by atoms with Crippen molar-refractivity contribution < 1.29 is 9.84 Å². The molecule has 3 N–H and O–H groups in total. The van der Waals surface area contributed by atoms with Crippen molar-refractivity contribution in [1.29, 1.82) is 0 Å². The van der Waals surface area contributed by atoms with Crippen LogP contribution in [0.2, 0.25) is 5.02 Å². The first-order valence-electron chi connectivity index (χ1n) is 5.85. The molecule has 17 heavy (non-hydrogen) atoms. The van der Waals surface area contributed by atoms with E-state index in [1.807, 2.05) is 13.0 Å². The third kappa shape index (κ3) is 3.60. The minimum Gasteiger partial charge on any atom is -0.496 e. The topological polar surface area (TPSA) is 55.5 Å². The van der Waals surface area contributed by atoms with Gasteiger partial charge in [0.2, 0.25) is 0 Å². The van der Waals surface area contributed by atoms with E-state index in [1.165, 1.54) is 0 Å². The van der Waals surface area contributed by atoms with Gasteiger partial charge in [0, 0.05) is 23.0 Å². The molecule has 0 amide bonds. The van der Waals surface area contributed by atoms with Crippen molar-refractivity contribution in [3.8, 4) is 5.75 Å². The van der Waals surface area contributed by atoms with E-state index in [0.29, 0.717) is 11.6 Å². The van der Waals surface area contributed by atoms with E-state index in [2.05, 4.69) is 0 Å². The molecule has 0 aliphatic heterocycles. The van der Waals surface area contributed by atoms with Crippen LogP contribution in [-0.4, -0.2) is 24.9 Å². The Morgan fingerprint density at radius 2 is 2.18 bits per heavy atom. The maximum Gasteiger partial charge on any atom is 0.122 e. The van der Waals surface area contributed by atoms with Gasteiger partial charge in [-0.15, -0.1) is 0 Å². The highest BCUT2D eigenvalue weighted by molar-refractivity contribution is 6.30. The van der Waals surface area contributed by atoms with Gasteiger partial charge in [0.05, 0.1) is 13.2 Å². The Bertz CT molecular complexity index is 357. The van der Waals surface area contributed by atoms with Gasteiger partial charge in [-0.1, -0.05) is 24.9 Å². The van der Waals surface area contributed by atoms with Crippen molar-refractivity contribution in [3.05, 3.63) is 28.8 Å². The first-order chi connectivity index (χ1) is 8.13. The SMILES string of the molecule is CCCC(O)C(CN)c1cc(Cl)ccc1OC. The third-order valence-corrected chi connectivity index (χ3v) is 3.13. The molecule has 96 valence electrons. The van der Waals surface area contributed by atoms with E-state index in [9.17, 15) is 5.11 Å². The molecule has 0 heterocycles. The van der Waals surface area contributed by atoms with Crippen LogP contribution in [0.25, 0.3) is 0 Å². The number of hydrogen-bond donors (Lipinski definition) is 2. The number of hydrogen-bond acceptors (Lipinski definition) is 3. The Labute approximate surface area is 108 Å². The van der Waals surface area contributed by atoms with E-state index in [4.69, 9.17) is 22.1 Å². The van der Waals surface area contributed by atoms with E-state index in [0.717, 1.165) is 24.2 Å². The fourth-order valence-corrected chi connectivity index (χ4v) is 2.16. The molecule has 0 spiro atoms. The molecule has 0 saturated heterocycles. The number of rotatable bonds is 6. The summed E-state index contributed by atoms with van der Waals surface area (Å²) in [4.78, 5) is 0. The van der Waals surface area contributed by atoms with Gasteiger partial charge in [-0.2, -0.15) is 0 Å². The van der Waals surface area contributed by atoms with Gasteiger partial charge in [-0.25, -0.2) is 0 Å². The van der Waals surface area contributed by atoms with Crippen LogP contribution in [0, 0.1) is 0 Å². The highest BCUT2D eigenvalue weighted by Gasteiger charge is 2.22. The van der Waals surface area contributed by atoms with Gasteiger partial charge in [0.25, 0.3) is 0 Å². The standard InChI is InChI=1S/C13H20ClNO2/c1-3-4-12(16)11(8-15)10-7-9(14)5-6-13(10)17-2/h5-7,11-12,16H,3-4,8,15H2,1-2H3. The van der Waals surface area contributed by atoms with Crippen LogP contribution in [0.15, 0.2) is 18.2 Å². The van der Waals surface area contributed by atoms with Crippen molar-refractivity contribution in [2.45, 2.75) is 31.8 Å². The highest BCUT2D eigenvalue weighted by atomic mass is 35.5. The molecule has 0 aliphatic rings. The molecular weight excluding hydrogens is 238 g/mol. The molecule has 1 aromatic rings. The number of aliphatic hydroxyl groups excluding tert-OH is 1. The second-order valence-corrected chi connectivity index (χ2v) is 4.52. The molecule has 0 fully saturated rings. The predicted octanol–water partition coefficient (Wildman–Crippen LogP) is 2.55. The molecule has 0 saturated carbocycles. The van der Waals surface area contributed by atoms with Gasteiger partial charge in [-0.05, 0) is 24.6 Å². The number of ether oxygens (including phenoxy) is 1. The largest absolute Gasteiger partial charge is 0.496 e. The monoisotopic (exact) mass is 257 g/mol. The van der Waals surface area contributed by atoms with Crippen molar-refractivity contribution in [3.63, 3.8) is 0 Å². The van der Waals surface area contributed by atoms with Crippen LogP contribution >= 0.6 is 11.6 Å². The predicted molar refractivity (Wildman–Crippen MR) is 70.7 cm³/mol. The molecule has 0 aromatic heterocycles. The summed E-state index contributed by atoms with van der Waals surface area (Å²) in [6, 6.07) is 5.39. The Morgan fingerprint density at radius 3 is 2.71 bits per heavy atom. The van der Waals surface area contributed by atoms with Crippen LogP contribution in [-0.2, 0) is 0 Å². The Hall–Kier alpha value is -0.770. The summed E-state index contributed by atoms with van der Waals surface area (Å²) in [6.45, 7) is 2.41. The quantitative estimate of drug-likeness (QED) is 0.824. The highest BCUT2D eigenvalue weighted by Crippen LogP contribution is 2.32. The molecule has 2 atom stereocenters. The van der Waals surface area contributed by atoms with Crippen LogP contribution in [0.3, 0.4) is 0 Å². The maximum atomic E-state index is 10.1. The molecule has 3 nitrogen and oxygen atoms in total. The lowest BCUT2D eigenvalue weighted by Crippen LogP contribution is -2.26. The molecule has 0 bridgehead atoms. The van der Waals surface area contributed by atoms with Gasteiger partial charge in [0.1, 0.15) is 5.75 Å². The fraction of sp³-hybridized carbons (Fsp3) is 0.538. The van der Waals surface area contributed by atoms with Crippen LogP contribution in [0.4, 0.5) is 0 Å². The summed E-state index contributed by atoms with van der Waals surface area (Å²) in [6.07, 6.45) is 1.18. The Balaban J connectivity index is 3.05. The smallest absolute Gasteiger partial charge is 0.122 e. The first-order valence-corrected chi connectivity index (χ1v) is 6.23. The van der Waals surface area contributed by atoms with Gasteiger partial charge >= 0.3 is 0 Å². The maximum absolute atomic E-state index is 10.1. The number of methoxy groups -OCH3 is 1. The average Bonchev–Trinajstić information content (AvgIpc) is 2.31. The van der Waals surface area contributed by atoms with Crippen molar-refractivity contribution in [2.24, 2.45) is 5.73 Å². The molecule has 4 heteroatoms. The van der Waals surface area contributed by atoms with E-state index in [-0.39, 0.29) is 5.92 Å². The summed E-state index contributed by atoms with van der Waals surface area (Å²) in [5.41, 5.74) is 6.63. The minimum absolute atomic E-state index is 0.136. The van der Waals surface area contributed by atoms with E-state index >= 15 is 0 Å². The number of aliphatic hydroxyl groups is 1. The van der Waals surface area contributed by atoms with Gasteiger partial charge in [0.15, 0.2) is 0 Å². The van der Waals surface area contributed by atoms with Crippen molar-refractivity contribution in [2.75, 3.05) is 13.7 Å². The zero-order chi connectivity index (χ0) is 12.8. The summed E-state index contributed by atoms with van der Waals surface area (Å²) in [7, 11) is 1.60. The molecular formula is C13H20ClNO2. The normalized spacial score (nSPS) is 14.4. The lowest BCUT2D eigenvalue weighted by Gasteiger charge is -2.23. The molecule has 2 unspecified atom stereocenters. The lowest BCUT2D eigenvalue weighted by molar-refractivity contribution is 0.133. The zero-order valence-corrected chi connectivity index (χ0v) is 11.1. The van der Waals surface area contributed by atoms with Crippen molar-refractivity contribution in [1.82, 2.24) is 0 Å². The van der Waals surface area contributed by atoms with Gasteiger partial charge < -0.3 is 15.6 Å². The number of benzene rings is 1. The fourth-order valence-electron chi connectivity index (χ4n) is 1.98. The number of halogens is 1. The second-order valence-electron chi connectivity index (χ2n) is 4.08. The lowest BCUT2D eigenvalue weighted by atomic mass is 9.90. The zero-order valence-electron chi connectivity index (χ0n) is 10.3. The molecule has 0 radical (unpaired) electrons. The van der Waals surface area contributed by atoms with Gasteiger partial charge in [-0.3, -0.25) is 0 Å². The second kappa shape index (κ2) is 6.84. The summed E-state index contributed by atoms with van der Waals surface area (Å²) in [5.74, 6) is 0.587. The van der Waals surface area contributed by atoms with Crippen molar-refractivity contribution >= 4 is 11.6 Å². The summed E-state index contributed by atoms with van der Waals surface area (Å²) < 4.78 is 5.29. The summed E-state index contributed by atoms with van der Waals surface area (Å²) in [5, 5.41) is 10.7. The van der Waals surface area contributed by atoms with Crippen LogP contribution < -0.4 is 10.5 Å². The summed E-state index contributed by atoms with van der Waals surface area (Å²) >= 11 is 5.98. The van der Waals surface area contributed by atoms with E-state index < -0.39 is 6.10 Å². The minimum atomic E-state index is -0.461. The third-order valence-electron chi connectivity index (χ3n) is 2.89. The first kappa shape index (κ1) is 14.3.